The Labute approximate surface area is 206 Å². The highest BCUT2D eigenvalue weighted by molar-refractivity contribution is 5.99. The van der Waals surface area contributed by atoms with Crippen molar-refractivity contribution in [3.05, 3.63) is 48.3 Å². The van der Waals surface area contributed by atoms with E-state index in [-0.39, 0.29) is 29.7 Å². The molecule has 1 fully saturated rings. The van der Waals surface area contributed by atoms with Crippen molar-refractivity contribution in [1.29, 1.82) is 0 Å². The first-order chi connectivity index (χ1) is 16.8. The zero-order valence-corrected chi connectivity index (χ0v) is 20.8. The summed E-state index contributed by atoms with van der Waals surface area (Å²) in [6, 6.07) is 10.9. The first-order valence-electron chi connectivity index (χ1n) is 12.1. The summed E-state index contributed by atoms with van der Waals surface area (Å²) in [5.74, 6) is -0.910. The third kappa shape index (κ3) is 7.18. The zero-order chi connectivity index (χ0) is 25.4. The van der Waals surface area contributed by atoms with Gasteiger partial charge in [0.15, 0.2) is 29.1 Å². The monoisotopic (exact) mass is 485 g/mol. The van der Waals surface area contributed by atoms with Crippen molar-refractivity contribution >= 4 is 11.8 Å². The Morgan fingerprint density at radius 3 is 2.49 bits per heavy atom. The van der Waals surface area contributed by atoms with Crippen LogP contribution in [-0.2, 0) is 14.3 Å². The van der Waals surface area contributed by atoms with Gasteiger partial charge >= 0.3 is 5.97 Å². The molecule has 1 aliphatic carbocycles. The maximum atomic E-state index is 12.9. The predicted molar refractivity (Wildman–Crippen MR) is 130 cm³/mol. The lowest BCUT2D eigenvalue weighted by Crippen LogP contribution is -2.46. The molecule has 1 saturated carbocycles. The molecule has 0 saturated heterocycles. The highest BCUT2D eigenvalue weighted by atomic mass is 16.6. The van der Waals surface area contributed by atoms with E-state index in [1.165, 1.54) is 19.4 Å². The molecule has 190 valence electrons. The molecule has 0 amide bonds. The summed E-state index contributed by atoms with van der Waals surface area (Å²) < 4.78 is 23.3. The average molecular weight is 486 g/mol. The van der Waals surface area contributed by atoms with E-state index in [2.05, 4.69) is 4.98 Å². The van der Waals surface area contributed by atoms with Gasteiger partial charge in [0.25, 0.3) is 0 Å². The molecular weight excluding hydrogens is 450 g/mol. The second-order valence-corrected chi connectivity index (χ2v) is 8.95. The van der Waals surface area contributed by atoms with Crippen molar-refractivity contribution in [1.82, 2.24) is 4.98 Å². The lowest BCUT2D eigenvalue weighted by molar-refractivity contribution is -0.163. The van der Waals surface area contributed by atoms with E-state index in [1.807, 2.05) is 37.3 Å². The maximum Gasteiger partial charge on any atom is 0.309 e. The predicted octanol–water partition coefficient (Wildman–Crippen LogP) is 4.59. The van der Waals surface area contributed by atoms with Gasteiger partial charge in [-0.3, -0.25) is 9.59 Å². The number of aromatic nitrogens is 1. The number of ketones is 1. The molecule has 0 aliphatic heterocycles. The van der Waals surface area contributed by atoms with E-state index in [9.17, 15) is 14.7 Å². The second-order valence-electron chi connectivity index (χ2n) is 8.95. The van der Waals surface area contributed by atoms with Crippen LogP contribution in [0, 0.1) is 11.8 Å². The second kappa shape index (κ2) is 12.5. The lowest BCUT2D eigenvalue weighted by atomic mass is 10.0. The summed E-state index contributed by atoms with van der Waals surface area (Å²) in [6.07, 6.45) is 2.88. The van der Waals surface area contributed by atoms with Gasteiger partial charge in [-0.05, 0) is 44.2 Å². The van der Waals surface area contributed by atoms with Crippen LogP contribution in [-0.4, -0.2) is 53.9 Å². The van der Waals surface area contributed by atoms with Gasteiger partial charge in [0.1, 0.15) is 18.0 Å². The van der Waals surface area contributed by atoms with Crippen molar-refractivity contribution in [2.45, 2.75) is 64.8 Å². The van der Waals surface area contributed by atoms with E-state index in [4.69, 9.17) is 18.9 Å². The Morgan fingerprint density at radius 2 is 1.86 bits per heavy atom. The van der Waals surface area contributed by atoms with Crippen LogP contribution in [0.3, 0.4) is 0 Å². The average Bonchev–Trinajstić information content (AvgIpc) is 3.69. The van der Waals surface area contributed by atoms with Gasteiger partial charge in [0.05, 0.1) is 13.0 Å². The molecule has 0 spiro atoms. The largest absolute Gasteiger partial charge is 0.503 e. The van der Waals surface area contributed by atoms with Crippen molar-refractivity contribution in [2.24, 2.45) is 11.8 Å². The molecule has 1 aliphatic rings. The molecule has 1 aromatic heterocycles. The van der Waals surface area contributed by atoms with Gasteiger partial charge in [-0.25, -0.2) is 4.98 Å². The molecule has 35 heavy (non-hydrogen) atoms. The molecule has 0 bridgehead atoms. The quantitative estimate of drug-likeness (QED) is 0.306. The number of ether oxygens (including phenoxy) is 4. The van der Waals surface area contributed by atoms with E-state index in [0.29, 0.717) is 18.3 Å². The molecule has 3 rings (SSSR count). The smallest absolute Gasteiger partial charge is 0.309 e. The number of aromatic hydroxyl groups is 1. The van der Waals surface area contributed by atoms with Crippen LogP contribution in [0.15, 0.2) is 42.6 Å². The molecule has 1 N–H and O–H groups in total. The SMILES string of the molecule is CCCO[C@@H](C1CC1)[C@@H](Oc1ccccc1)[C@H](C)OC(=O)[C@H](C)CC(=O)c1nccc(OC)c1O. The molecule has 1 heterocycles. The summed E-state index contributed by atoms with van der Waals surface area (Å²) >= 11 is 0. The van der Waals surface area contributed by atoms with Gasteiger partial charge in [-0.15, -0.1) is 0 Å². The first-order valence-corrected chi connectivity index (χ1v) is 12.1. The minimum Gasteiger partial charge on any atom is -0.503 e. The minimum atomic E-state index is -0.745. The molecule has 2 aromatic rings. The number of carbonyl (C=O) groups excluding carboxylic acids is 2. The fourth-order valence-corrected chi connectivity index (χ4v) is 3.89. The van der Waals surface area contributed by atoms with Crippen molar-refractivity contribution in [3.63, 3.8) is 0 Å². The van der Waals surface area contributed by atoms with Gasteiger partial charge in [-0.2, -0.15) is 0 Å². The van der Waals surface area contributed by atoms with Crippen LogP contribution in [0.25, 0.3) is 0 Å². The summed E-state index contributed by atoms with van der Waals surface area (Å²) in [4.78, 5) is 29.6. The first kappa shape index (κ1) is 26.5. The number of hydrogen-bond acceptors (Lipinski definition) is 8. The van der Waals surface area contributed by atoms with E-state index < -0.39 is 29.9 Å². The van der Waals surface area contributed by atoms with Crippen LogP contribution in [0.5, 0.6) is 17.2 Å². The minimum absolute atomic E-state index is 0.135. The summed E-state index contributed by atoms with van der Waals surface area (Å²) in [6.45, 7) is 6.05. The maximum absolute atomic E-state index is 12.9. The standard InChI is InChI=1S/C27H35NO7/c1-5-15-33-26(19-11-12-19)25(35-20-9-7-6-8-10-20)18(3)34-27(31)17(2)16-21(29)23-24(30)22(32-4)13-14-28-23/h6-10,13-14,17-19,25-26,30H,5,11-12,15-16H2,1-4H3/t17-,18+,25+,26+/m1/s1. The van der Waals surface area contributed by atoms with Crippen LogP contribution in [0.4, 0.5) is 0 Å². The normalized spacial score (nSPS) is 16.6. The van der Waals surface area contributed by atoms with Crippen LogP contribution in [0.2, 0.25) is 0 Å². The number of Topliss-reactive ketones (excluding diaryl/α,β-unsaturated/α-hetero) is 1. The molecule has 8 nitrogen and oxygen atoms in total. The Balaban J connectivity index is 1.69. The Morgan fingerprint density at radius 1 is 1.14 bits per heavy atom. The van der Waals surface area contributed by atoms with Gasteiger partial charge in [-0.1, -0.05) is 32.0 Å². The number of benzene rings is 1. The molecule has 4 atom stereocenters. The number of methoxy groups -OCH3 is 1. The van der Waals surface area contributed by atoms with Gasteiger partial charge in [0.2, 0.25) is 0 Å². The third-order valence-electron chi connectivity index (χ3n) is 5.97. The van der Waals surface area contributed by atoms with Crippen molar-refractivity contribution in [3.8, 4) is 17.2 Å². The highest BCUT2D eigenvalue weighted by Crippen LogP contribution is 2.38. The summed E-state index contributed by atoms with van der Waals surface area (Å²) in [5.41, 5.74) is -0.135. The fraction of sp³-hybridized carbons (Fsp3) is 0.519. The van der Waals surface area contributed by atoms with E-state index in [1.54, 1.807) is 13.8 Å². The molecule has 0 unspecified atom stereocenters. The summed E-state index contributed by atoms with van der Waals surface area (Å²) in [5, 5.41) is 10.2. The van der Waals surface area contributed by atoms with E-state index in [0.717, 1.165) is 19.3 Å². The number of esters is 1. The lowest BCUT2D eigenvalue weighted by Gasteiger charge is -2.32. The van der Waals surface area contributed by atoms with Crippen molar-refractivity contribution < 1.29 is 33.6 Å². The van der Waals surface area contributed by atoms with Gasteiger partial charge in [0, 0.05) is 25.3 Å². The fourth-order valence-electron chi connectivity index (χ4n) is 3.89. The number of para-hydroxylation sites is 1. The molecular formula is C27H35NO7. The van der Waals surface area contributed by atoms with Crippen molar-refractivity contribution in [2.75, 3.05) is 13.7 Å². The van der Waals surface area contributed by atoms with Crippen LogP contribution >= 0.6 is 0 Å². The number of nitrogens with zero attached hydrogens (tertiary/aromatic N) is 1. The van der Waals surface area contributed by atoms with E-state index >= 15 is 0 Å². The summed E-state index contributed by atoms with van der Waals surface area (Å²) in [7, 11) is 1.39. The number of rotatable bonds is 14. The third-order valence-corrected chi connectivity index (χ3v) is 5.97. The number of hydrogen-bond donors (Lipinski definition) is 1. The highest BCUT2D eigenvalue weighted by Gasteiger charge is 2.42. The Hall–Kier alpha value is -3.13. The van der Waals surface area contributed by atoms with Crippen LogP contribution < -0.4 is 9.47 Å². The molecule has 0 radical (unpaired) electrons. The molecule has 8 heteroatoms. The topological polar surface area (TPSA) is 104 Å². The Kier molecular flexibility index (Phi) is 9.48. The number of pyridine rings is 1. The number of carbonyl (C=O) groups is 2. The zero-order valence-electron chi connectivity index (χ0n) is 20.8. The molecule has 1 aromatic carbocycles. The van der Waals surface area contributed by atoms with Gasteiger partial charge < -0.3 is 24.1 Å². The van der Waals surface area contributed by atoms with Crippen LogP contribution in [0.1, 0.15) is 56.9 Å². The Bertz CT molecular complexity index is 977.